The Labute approximate surface area is 125 Å². The van der Waals surface area contributed by atoms with E-state index in [0.717, 1.165) is 16.9 Å². The summed E-state index contributed by atoms with van der Waals surface area (Å²) in [4.78, 5) is 0. The molecule has 2 rings (SSSR count). The lowest BCUT2D eigenvalue weighted by atomic mass is 10.0. The molecular formula is C18H17NO2. The molecule has 0 aliphatic carbocycles. The Morgan fingerprint density at radius 1 is 0.952 bits per heavy atom. The van der Waals surface area contributed by atoms with Gasteiger partial charge in [0.15, 0.2) is 0 Å². The summed E-state index contributed by atoms with van der Waals surface area (Å²) in [5, 5.41) is 8.79. The largest absolute Gasteiger partial charge is 0.491 e. The quantitative estimate of drug-likeness (QED) is 0.571. The van der Waals surface area contributed by atoms with Crippen molar-refractivity contribution >= 4 is 0 Å². The fourth-order valence-corrected chi connectivity index (χ4v) is 1.87. The van der Waals surface area contributed by atoms with Crippen LogP contribution in [0, 0.1) is 11.3 Å². The Balaban J connectivity index is 1.92. The van der Waals surface area contributed by atoms with Crippen molar-refractivity contribution in [2.75, 3.05) is 19.8 Å². The number of nitriles is 1. The second-order valence-corrected chi connectivity index (χ2v) is 4.43. The van der Waals surface area contributed by atoms with Gasteiger partial charge in [-0.05, 0) is 35.4 Å². The maximum absolute atomic E-state index is 8.79. The third kappa shape index (κ3) is 4.48. The van der Waals surface area contributed by atoms with Crippen LogP contribution in [0.4, 0.5) is 0 Å². The summed E-state index contributed by atoms with van der Waals surface area (Å²) in [7, 11) is 0. The zero-order valence-electron chi connectivity index (χ0n) is 11.8. The molecule has 0 radical (unpaired) electrons. The summed E-state index contributed by atoms with van der Waals surface area (Å²) in [6.45, 7) is 5.19. The highest BCUT2D eigenvalue weighted by Crippen LogP contribution is 2.22. The molecule has 21 heavy (non-hydrogen) atoms. The summed E-state index contributed by atoms with van der Waals surface area (Å²) in [5.41, 5.74) is 2.84. The van der Waals surface area contributed by atoms with Crippen LogP contribution in [0.1, 0.15) is 5.56 Å². The number of benzene rings is 2. The first kappa shape index (κ1) is 14.8. The molecule has 0 heterocycles. The summed E-state index contributed by atoms with van der Waals surface area (Å²) in [6.07, 6.45) is 1.71. The fraction of sp³-hybridized carbons (Fsp3) is 0.167. The minimum atomic E-state index is 0.518. The van der Waals surface area contributed by atoms with Crippen LogP contribution in [0.3, 0.4) is 0 Å². The average molecular weight is 279 g/mol. The number of hydrogen-bond donors (Lipinski definition) is 0. The highest BCUT2D eigenvalue weighted by Gasteiger charge is 1.99. The van der Waals surface area contributed by atoms with E-state index in [1.807, 2.05) is 48.5 Å². The number of ether oxygens (including phenoxy) is 2. The van der Waals surface area contributed by atoms with E-state index in [0.29, 0.717) is 25.4 Å². The van der Waals surface area contributed by atoms with E-state index in [9.17, 15) is 0 Å². The maximum atomic E-state index is 8.79. The van der Waals surface area contributed by atoms with Gasteiger partial charge >= 0.3 is 0 Å². The van der Waals surface area contributed by atoms with Crippen molar-refractivity contribution in [2.45, 2.75) is 0 Å². The standard InChI is InChI=1S/C18H17NO2/c1-2-11-20-12-13-21-18-9-7-17(8-10-18)16-5-3-15(14-19)4-6-16/h2-10H,1,11-13H2. The number of hydrogen-bond acceptors (Lipinski definition) is 3. The minimum Gasteiger partial charge on any atom is -0.491 e. The summed E-state index contributed by atoms with van der Waals surface area (Å²) in [5.74, 6) is 0.814. The third-order valence-corrected chi connectivity index (χ3v) is 2.93. The summed E-state index contributed by atoms with van der Waals surface area (Å²) in [6, 6.07) is 17.5. The summed E-state index contributed by atoms with van der Waals surface area (Å²) < 4.78 is 10.8. The predicted molar refractivity (Wildman–Crippen MR) is 83.1 cm³/mol. The zero-order chi connectivity index (χ0) is 14.9. The maximum Gasteiger partial charge on any atom is 0.119 e. The van der Waals surface area contributed by atoms with Crippen LogP contribution in [-0.4, -0.2) is 19.8 Å². The monoisotopic (exact) mass is 279 g/mol. The lowest BCUT2D eigenvalue weighted by molar-refractivity contribution is 0.121. The van der Waals surface area contributed by atoms with E-state index in [1.165, 1.54) is 0 Å². The minimum absolute atomic E-state index is 0.518. The second kappa shape index (κ2) is 7.88. The summed E-state index contributed by atoms with van der Waals surface area (Å²) >= 11 is 0. The van der Waals surface area contributed by atoms with Crippen molar-refractivity contribution < 1.29 is 9.47 Å². The van der Waals surface area contributed by atoms with Crippen molar-refractivity contribution in [3.63, 3.8) is 0 Å². The van der Waals surface area contributed by atoms with E-state index in [1.54, 1.807) is 6.08 Å². The van der Waals surface area contributed by atoms with Crippen LogP contribution in [0.5, 0.6) is 5.75 Å². The molecule has 2 aromatic carbocycles. The number of rotatable bonds is 7. The molecule has 0 atom stereocenters. The second-order valence-electron chi connectivity index (χ2n) is 4.43. The van der Waals surface area contributed by atoms with Crippen molar-refractivity contribution in [2.24, 2.45) is 0 Å². The molecule has 0 aliphatic rings. The van der Waals surface area contributed by atoms with E-state index in [4.69, 9.17) is 14.7 Å². The number of nitrogens with zero attached hydrogens (tertiary/aromatic N) is 1. The molecule has 0 unspecified atom stereocenters. The lowest BCUT2D eigenvalue weighted by Gasteiger charge is -2.07. The van der Waals surface area contributed by atoms with Crippen LogP contribution in [0.25, 0.3) is 11.1 Å². The first-order valence-corrected chi connectivity index (χ1v) is 6.75. The van der Waals surface area contributed by atoms with E-state index >= 15 is 0 Å². The van der Waals surface area contributed by atoms with Gasteiger partial charge in [-0.15, -0.1) is 6.58 Å². The normalized spacial score (nSPS) is 9.86. The molecule has 3 nitrogen and oxygen atoms in total. The molecule has 0 saturated heterocycles. The van der Waals surface area contributed by atoms with Gasteiger partial charge in [0.1, 0.15) is 12.4 Å². The molecule has 3 heteroatoms. The van der Waals surface area contributed by atoms with Gasteiger partial charge < -0.3 is 9.47 Å². The van der Waals surface area contributed by atoms with Crippen molar-refractivity contribution in [1.82, 2.24) is 0 Å². The fourth-order valence-electron chi connectivity index (χ4n) is 1.87. The molecule has 0 N–H and O–H groups in total. The SMILES string of the molecule is C=CCOCCOc1ccc(-c2ccc(C#N)cc2)cc1. The molecule has 0 amide bonds. The van der Waals surface area contributed by atoms with Gasteiger partial charge in [-0.3, -0.25) is 0 Å². The Bertz CT molecular complexity index is 609. The van der Waals surface area contributed by atoms with Gasteiger partial charge in [0.2, 0.25) is 0 Å². The smallest absolute Gasteiger partial charge is 0.119 e. The Kier molecular flexibility index (Phi) is 5.57. The van der Waals surface area contributed by atoms with E-state index in [-0.39, 0.29) is 0 Å². The predicted octanol–water partition coefficient (Wildman–Crippen LogP) is 3.81. The van der Waals surface area contributed by atoms with Crippen LogP contribution in [0.2, 0.25) is 0 Å². The Morgan fingerprint density at radius 2 is 1.57 bits per heavy atom. The van der Waals surface area contributed by atoms with Crippen LogP contribution in [0.15, 0.2) is 61.2 Å². The van der Waals surface area contributed by atoms with Gasteiger partial charge in [-0.1, -0.05) is 30.3 Å². The Hall–Kier alpha value is -2.57. The van der Waals surface area contributed by atoms with E-state index < -0.39 is 0 Å². The highest BCUT2D eigenvalue weighted by molar-refractivity contribution is 5.64. The zero-order valence-corrected chi connectivity index (χ0v) is 11.8. The van der Waals surface area contributed by atoms with Crippen molar-refractivity contribution in [3.8, 4) is 22.9 Å². The highest BCUT2D eigenvalue weighted by atomic mass is 16.5. The molecule has 0 saturated carbocycles. The van der Waals surface area contributed by atoms with Crippen LogP contribution >= 0.6 is 0 Å². The van der Waals surface area contributed by atoms with Crippen LogP contribution < -0.4 is 4.74 Å². The molecule has 0 bridgehead atoms. The molecule has 0 aromatic heterocycles. The molecule has 0 fully saturated rings. The van der Waals surface area contributed by atoms with Crippen molar-refractivity contribution in [3.05, 3.63) is 66.7 Å². The molecule has 0 spiro atoms. The third-order valence-electron chi connectivity index (χ3n) is 2.93. The first-order chi connectivity index (χ1) is 10.3. The van der Waals surface area contributed by atoms with Gasteiger partial charge in [-0.25, -0.2) is 0 Å². The van der Waals surface area contributed by atoms with Gasteiger partial charge in [-0.2, -0.15) is 5.26 Å². The molecular weight excluding hydrogens is 262 g/mol. The topological polar surface area (TPSA) is 42.2 Å². The van der Waals surface area contributed by atoms with E-state index in [2.05, 4.69) is 12.6 Å². The molecule has 0 aliphatic heterocycles. The Morgan fingerprint density at radius 3 is 2.14 bits per heavy atom. The molecule has 106 valence electrons. The first-order valence-electron chi connectivity index (χ1n) is 6.75. The van der Waals surface area contributed by atoms with Gasteiger partial charge in [0, 0.05) is 0 Å². The average Bonchev–Trinajstić information content (AvgIpc) is 2.55. The molecule has 2 aromatic rings. The lowest BCUT2D eigenvalue weighted by Crippen LogP contribution is -2.06. The van der Waals surface area contributed by atoms with Crippen LogP contribution in [-0.2, 0) is 4.74 Å². The van der Waals surface area contributed by atoms with Gasteiger partial charge in [0.25, 0.3) is 0 Å². The van der Waals surface area contributed by atoms with Crippen molar-refractivity contribution in [1.29, 1.82) is 5.26 Å². The van der Waals surface area contributed by atoms with Gasteiger partial charge in [0.05, 0.1) is 24.8 Å².